The van der Waals surface area contributed by atoms with Crippen molar-refractivity contribution in [1.29, 1.82) is 0 Å². The first kappa shape index (κ1) is 14.3. The Morgan fingerprint density at radius 1 is 1.25 bits per heavy atom. The molecule has 1 unspecified atom stereocenters. The number of hydrogen-bond acceptors (Lipinski definition) is 4. The minimum Gasteiger partial charge on any atom is -0.326 e. The van der Waals surface area contributed by atoms with Crippen LogP contribution in [0.25, 0.3) is 0 Å². The summed E-state index contributed by atoms with van der Waals surface area (Å²) >= 11 is 1.09. The van der Waals surface area contributed by atoms with Gasteiger partial charge in [0.15, 0.2) is 5.17 Å². The average Bonchev–Trinajstić information content (AvgIpc) is 2.69. The Labute approximate surface area is 120 Å². The van der Waals surface area contributed by atoms with E-state index in [2.05, 4.69) is 15.6 Å². The fourth-order valence-corrected chi connectivity index (χ4v) is 2.63. The number of carbonyl (C=O) groups is 3. The van der Waals surface area contributed by atoms with Gasteiger partial charge in [0.25, 0.3) is 5.91 Å². The molecule has 0 saturated heterocycles. The third-order valence-corrected chi connectivity index (χ3v) is 3.52. The number of amidine groups is 1. The van der Waals surface area contributed by atoms with Gasteiger partial charge in [-0.3, -0.25) is 14.4 Å². The molecule has 0 spiro atoms. The van der Waals surface area contributed by atoms with E-state index in [4.69, 9.17) is 0 Å². The zero-order valence-corrected chi connectivity index (χ0v) is 11.6. The quantitative estimate of drug-likeness (QED) is 0.874. The molecule has 1 atom stereocenters. The number of nitrogens with one attached hydrogen (secondary N) is 2. The molecule has 1 aromatic rings. The summed E-state index contributed by atoms with van der Waals surface area (Å²) in [6.45, 7) is 1.34. The third kappa shape index (κ3) is 3.92. The van der Waals surface area contributed by atoms with Crippen molar-refractivity contribution >= 4 is 40.3 Å². The number of rotatable bonds is 3. The molecule has 6 nitrogen and oxygen atoms in total. The van der Waals surface area contributed by atoms with Gasteiger partial charge in [0.1, 0.15) is 5.25 Å². The van der Waals surface area contributed by atoms with E-state index in [-0.39, 0.29) is 23.4 Å². The van der Waals surface area contributed by atoms with Crippen molar-refractivity contribution in [2.24, 2.45) is 4.99 Å². The van der Waals surface area contributed by atoms with Gasteiger partial charge in [-0.15, -0.1) is 0 Å². The molecule has 1 aliphatic heterocycles. The minimum atomic E-state index is -0.583. The highest BCUT2D eigenvalue weighted by molar-refractivity contribution is 8.15. The summed E-state index contributed by atoms with van der Waals surface area (Å²) in [5, 5.41) is 4.82. The summed E-state index contributed by atoms with van der Waals surface area (Å²) in [7, 11) is 0. The number of para-hydroxylation sites is 1. The molecule has 0 aromatic heterocycles. The smallest absolute Gasteiger partial charge is 0.262 e. The molecule has 1 aromatic carbocycles. The summed E-state index contributed by atoms with van der Waals surface area (Å²) in [4.78, 5) is 38.0. The average molecular weight is 291 g/mol. The fraction of sp³-hybridized carbons (Fsp3) is 0.231. The largest absolute Gasteiger partial charge is 0.326 e. The molecule has 0 aliphatic carbocycles. The molecule has 7 heteroatoms. The van der Waals surface area contributed by atoms with Crippen LogP contribution in [-0.4, -0.2) is 28.1 Å². The van der Waals surface area contributed by atoms with Gasteiger partial charge in [0, 0.05) is 19.0 Å². The van der Waals surface area contributed by atoms with Crippen LogP contribution in [0.2, 0.25) is 0 Å². The highest BCUT2D eigenvalue weighted by atomic mass is 32.2. The number of thioether (sulfide) groups is 1. The van der Waals surface area contributed by atoms with E-state index >= 15 is 0 Å². The second kappa shape index (κ2) is 6.33. The molecule has 1 heterocycles. The third-order valence-electron chi connectivity index (χ3n) is 2.45. The normalized spacial score (nSPS) is 17.6. The predicted octanol–water partition coefficient (Wildman–Crippen LogP) is 1.15. The molecule has 20 heavy (non-hydrogen) atoms. The van der Waals surface area contributed by atoms with Crippen molar-refractivity contribution in [2.75, 3.05) is 5.32 Å². The van der Waals surface area contributed by atoms with E-state index < -0.39 is 11.2 Å². The maximum Gasteiger partial charge on any atom is 0.262 e. The van der Waals surface area contributed by atoms with Crippen LogP contribution in [0.5, 0.6) is 0 Å². The van der Waals surface area contributed by atoms with Crippen LogP contribution in [-0.2, 0) is 14.4 Å². The van der Waals surface area contributed by atoms with Crippen LogP contribution >= 0.6 is 11.8 Å². The Hall–Kier alpha value is -2.15. The van der Waals surface area contributed by atoms with Crippen LogP contribution in [0.4, 0.5) is 5.69 Å². The molecular weight excluding hydrogens is 278 g/mol. The second-order valence-electron chi connectivity index (χ2n) is 4.16. The number of carbonyl (C=O) groups excluding carboxylic acids is 3. The van der Waals surface area contributed by atoms with Gasteiger partial charge < -0.3 is 10.6 Å². The van der Waals surface area contributed by atoms with Gasteiger partial charge in [-0.25, -0.2) is 0 Å². The van der Waals surface area contributed by atoms with E-state index in [1.54, 1.807) is 12.1 Å². The zero-order chi connectivity index (χ0) is 14.5. The summed E-state index contributed by atoms with van der Waals surface area (Å²) in [5.41, 5.74) is 0.677. The first-order chi connectivity index (χ1) is 9.54. The zero-order valence-electron chi connectivity index (χ0n) is 10.8. The molecule has 2 rings (SSSR count). The Kier molecular flexibility index (Phi) is 4.52. The molecule has 0 fully saturated rings. The predicted molar refractivity (Wildman–Crippen MR) is 77.3 cm³/mol. The molecule has 0 saturated carbocycles. The van der Waals surface area contributed by atoms with Crippen LogP contribution < -0.4 is 10.6 Å². The van der Waals surface area contributed by atoms with Gasteiger partial charge in [-0.1, -0.05) is 30.0 Å². The van der Waals surface area contributed by atoms with E-state index in [9.17, 15) is 14.4 Å². The molecular formula is C13H13N3O3S. The lowest BCUT2D eigenvalue weighted by Crippen LogP contribution is -2.25. The van der Waals surface area contributed by atoms with Crippen molar-refractivity contribution < 1.29 is 14.4 Å². The van der Waals surface area contributed by atoms with Gasteiger partial charge in [-0.2, -0.15) is 4.99 Å². The van der Waals surface area contributed by atoms with Crippen LogP contribution in [0.1, 0.15) is 13.3 Å². The lowest BCUT2D eigenvalue weighted by Gasteiger charge is -2.08. The number of benzene rings is 1. The first-order valence-corrected chi connectivity index (χ1v) is 6.84. The Morgan fingerprint density at radius 3 is 2.60 bits per heavy atom. The summed E-state index contributed by atoms with van der Waals surface area (Å²) in [5.74, 6) is -0.957. The highest BCUT2D eigenvalue weighted by Crippen LogP contribution is 2.24. The summed E-state index contributed by atoms with van der Waals surface area (Å²) in [6, 6.07) is 8.99. The topological polar surface area (TPSA) is 87.6 Å². The van der Waals surface area contributed by atoms with Crippen molar-refractivity contribution in [3.8, 4) is 0 Å². The van der Waals surface area contributed by atoms with Crippen LogP contribution in [0.15, 0.2) is 35.3 Å². The van der Waals surface area contributed by atoms with E-state index in [1.807, 2.05) is 18.2 Å². The lowest BCUT2D eigenvalue weighted by atomic mass is 10.2. The van der Waals surface area contributed by atoms with E-state index in [1.165, 1.54) is 6.92 Å². The molecule has 0 radical (unpaired) electrons. The van der Waals surface area contributed by atoms with Gasteiger partial charge in [0.2, 0.25) is 11.8 Å². The molecule has 0 bridgehead atoms. The van der Waals surface area contributed by atoms with Gasteiger partial charge >= 0.3 is 0 Å². The summed E-state index contributed by atoms with van der Waals surface area (Å²) < 4.78 is 0. The van der Waals surface area contributed by atoms with Crippen molar-refractivity contribution in [1.82, 2.24) is 5.32 Å². The Bertz CT molecular complexity index is 571. The second-order valence-corrected chi connectivity index (χ2v) is 5.35. The Morgan fingerprint density at radius 2 is 1.95 bits per heavy atom. The number of aliphatic imine (C=N–C) groups is 1. The highest BCUT2D eigenvalue weighted by Gasteiger charge is 2.30. The standard InChI is InChI=1S/C13H13N3O3S/c1-8(17)14-13-16-12(19)10(20-13)7-11(18)15-9-5-3-2-4-6-9/h2-6,10H,7H2,1H3,(H,15,18)(H,14,16,17,19). The maximum absolute atomic E-state index is 11.8. The number of anilines is 1. The van der Waals surface area contributed by atoms with Crippen molar-refractivity contribution in [2.45, 2.75) is 18.6 Å². The molecule has 104 valence electrons. The van der Waals surface area contributed by atoms with Gasteiger partial charge in [-0.05, 0) is 12.1 Å². The number of hydrogen-bond donors (Lipinski definition) is 2. The fourth-order valence-electron chi connectivity index (χ4n) is 1.62. The van der Waals surface area contributed by atoms with E-state index in [0.717, 1.165) is 11.8 Å². The number of amides is 3. The van der Waals surface area contributed by atoms with Crippen molar-refractivity contribution in [3.05, 3.63) is 30.3 Å². The molecule has 1 aliphatic rings. The lowest BCUT2D eigenvalue weighted by molar-refractivity contribution is -0.121. The first-order valence-electron chi connectivity index (χ1n) is 5.96. The van der Waals surface area contributed by atoms with E-state index in [0.29, 0.717) is 5.69 Å². The Balaban J connectivity index is 1.87. The van der Waals surface area contributed by atoms with Crippen LogP contribution in [0.3, 0.4) is 0 Å². The van der Waals surface area contributed by atoms with Gasteiger partial charge in [0.05, 0.1) is 0 Å². The maximum atomic E-state index is 11.8. The number of nitrogens with zero attached hydrogens (tertiary/aromatic N) is 1. The minimum absolute atomic E-state index is 0.0188. The molecule has 2 N–H and O–H groups in total. The van der Waals surface area contributed by atoms with Crippen LogP contribution in [0, 0.1) is 0 Å². The van der Waals surface area contributed by atoms with Crippen molar-refractivity contribution in [3.63, 3.8) is 0 Å². The monoisotopic (exact) mass is 291 g/mol. The molecule has 3 amide bonds. The summed E-state index contributed by atoms with van der Waals surface area (Å²) in [6.07, 6.45) is 0.0188. The SMILES string of the molecule is CC(=O)NC1=NC(=O)C(CC(=O)Nc2ccccc2)S1.